The van der Waals surface area contributed by atoms with Gasteiger partial charge in [0.1, 0.15) is 13.1 Å². The monoisotopic (exact) mass is 234 g/mol. The van der Waals surface area contributed by atoms with Gasteiger partial charge in [0.2, 0.25) is 0 Å². The number of carbonyl (C=O) groups is 1. The van der Waals surface area contributed by atoms with Crippen molar-refractivity contribution in [3.8, 4) is 0 Å². The molecule has 0 aromatic heterocycles. The Morgan fingerprint density at radius 3 is 2.80 bits per heavy atom. The lowest BCUT2D eigenvalue weighted by Crippen LogP contribution is -3.14. The Labute approximate surface area is 96.3 Å². The fraction of sp³-hybridized carbons (Fsp3) is 0.900. The zero-order valence-corrected chi connectivity index (χ0v) is 9.93. The van der Waals surface area contributed by atoms with Gasteiger partial charge in [-0.1, -0.05) is 0 Å². The Hall–Kier alpha value is -0.260. The lowest BCUT2D eigenvalue weighted by Gasteiger charge is -2.23. The molecular weight excluding hydrogens is 214 g/mol. The van der Waals surface area contributed by atoms with Crippen molar-refractivity contribution in [2.24, 2.45) is 0 Å². The summed E-state index contributed by atoms with van der Waals surface area (Å²) in [6.07, 6.45) is 1.35. The van der Waals surface area contributed by atoms with E-state index in [1.165, 1.54) is 0 Å². The Balaban J connectivity index is 1.93. The third-order valence-corrected chi connectivity index (χ3v) is 2.68. The van der Waals surface area contributed by atoms with E-state index in [1.54, 1.807) is 4.90 Å². The van der Waals surface area contributed by atoms with E-state index in [0.717, 1.165) is 39.3 Å². The van der Waals surface area contributed by atoms with Crippen molar-refractivity contribution in [1.29, 1.82) is 0 Å². The molecule has 0 spiro atoms. The molecule has 0 amide bonds. The number of carbonyl (C=O) groups excluding carboxylic acids is 1. The smallest absolute Gasteiger partial charge is 0.306 e. The standard InChI is InChI=1S/C10H19NO3S/c12-10(2-9-15)14-6-1-3-11-4-7-13-8-5-11/h15H,1-9H2/p+1. The Bertz CT molecular complexity index is 184. The van der Waals surface area contributed by atoms with E-state index in [1.807, 2.05) is 0 Å². The summed E-state index contributed by atoms with van der Waals surface area (Å²) in [6.45, 7) is 5.47. The number of rotatable bonds is 6. The molecule has 88 valence electrons. The van der Waals surface area contributed by atoms with Crippen molar-refractivity contribution in [2.45, 2.75) is 12.8 Å². The number of thiol groups is 1. The molecule has 0 saturated carbocycles. The van der Waals surface area contributed by atoms with Gasteiger partial charge in [0.05, 0.1) is 32.8 Å². The van der Waals surface area contributed by atoms with Gasteiger partial charge in [0, 0.05) is 12.2 Å². The average molecular weight is 234 g/mol. The van der Waals surface area contributed by atoms with Crippen LogP contribution in [0.2, 0.25) is 0 Å². The second-order valence-corrected chi connectivity index (χ2v) is 4.11. The van der Waals surface area contributed by atoms with Crippen LogP contribution >= 0.6 is 12.6 Å². The van der Waals surface area contributed by atoms with Crippen molar-refractivity contribution in [3.05, 3.63) is 0 Å². The second kappa shape index (κ2) is 7.96. The molecule has 4 nitrogen and oxygen atoms in total. The molecule has 0 atom stereocenters. The number of quaternary nitrogens is 1. The minimum absolute atomic E-state index is 0.137. The molecule has 1 rings (SSSR count). The normalized spacial score (nSPS) is 17.7. The molecule has 5 heteroatoms. The molecule has 0 radical (unpaired) electrons. The van der Waals surface area contributed by atoms with E-state index in [2.05, 4.69) is 12.6 Å². The fourth-order valence-electron chi connectivity index (χ4n) is 1.58. The summed E-state index contributed by atoms with van der Waals surface area (Å²) >= 11 is 3.97. The van der Waals surface area contributed by atoms with Gasteiger partial charge in [-0.3, -0.25) is 4.79 Å². The van der Waals surface area contributed by atoms with Crippen LogP contribution in [0.3, 0.4) is 0 Å². The molecule has 1 aliphatic heterocycles. The van der Waals surface area contributed by atoms with Crippen molar-refractivity contribution in [1.82, 2.24) is 0 Å². The largest absolute Gasteiger partial charge is 0.465 e. The number of nitrogens with one attached hydrogen (secondary N) is 1. The molecule has 1 N–H and O–H groups in total. The van der Waals surface area contributed by atoms with Gasteiger partial charge in [-0.15, -0.1) is 0 Å². The lowest BCUT2D eigenvalue weighted by molar-refractivity contribution is -0.908. The lowest BCUT2D eigenvalue weighted by atomic mass is 10.3. The van der Waals surface area contributed by atoms with Gasteiger partial charge in [-0.2, -0.15) is 12.6 Å². The van der Waals surface area contributed by atoms with Crippen LogP contribution < -0.4 is 4.90 Å². The highest BCUT2D eigenvalue weighted by molar-refractivity contribution is 7.80. The first-order valence-corrected chi connectivity index (χ1v) is 6.14. The fourth-order valence-corrected chi connectivity index (χ4v) is 1.76. The molecule has 0 aromatic carbocycles. The van der Waals surface area contributed by atoms with Crippen molar-refractivity contribution in [2.75, 3.05) is 45.2 Å². The summed E-state index contributed by atoms with van der Waals surface area (Å²) in [5, 5.41) is 0. The van der Waals surface area contributed by atoms with Crippen LogP contribution in [0.5, 0.6) is 0 Å². The van der Waals surface area contributed by atoms with Crippen molar-refractivity contribution in [3.63, 3.8) is 0 Å². The van der Waals surface area contributed by atoms with Crippen LogP contribution in [0.15, 0.2) is 0 Å². The molecule has 0 aromatic rings. The average Bonchev–Trinajstić information content (AvgIpc) is 2.26. The molecule has 1 saturated heterocycles. The predicted octanol–water partition coefficient (Wildman–Crippen LogP) is -0.845. The summed E-state index contributed by atoms with van der Waals surface area (Å²) < 4.78 is 10.3. The number of ether oxygens (including phenoxy) is 2. The highest BCUT2D eigenvalue weighted by Crippen LogP contribution is 1.90. The molecule has 0 unspecified atom stereocenters. The van der Waals surface area contributed by atoms with Gasteiger partial charge in [-0.25, -0.2) is 0 Å². The van der Waals surface area contributed by atoms with Gasteiger partial charge in [-0.05, 0) is 0 Å². The van der Waals surface area contributed by atoms with Crippen LogP contribution in [0.25, 0.3) is 0 Å². The van der Waals surface area contributed by atoms with E-state index < -0.39 is 0 Å². The molecule has 1 heterocycles. The first kappa shape index (κ1) is 12.8. The van der Waals surface area contributed by atoms with Crippen LogP contribution in [-0.2, 0) is 14.3 Å². The SMILES string of the molecule is O=C(CCS)OCCC[NH+]1CCOCC1. The van der Waals surface area contributed by atoms with E-state index in [0.29, 0.717) is 18.8 Å². The quantitative estimate of drug-likeness (QED) is 0.357. The number of hydrogen-bond acceptors (Lipinski definition) is 4. The molecule has 0 aliphatic carbocycles. The van der Waals surface area contributed by atoms with Crippen LogP contribution in [0.4, 0.5) is 0 Å². The van der Waals surface area contributed by atoms with Gasteiger partial charge < -0.3 is 14.4 Å². The molecule has 1 aliphatic rings. The first-order valence-electron chi connectivity index (χ1n) is 5.50. The van der Waals surface area contributed by atoms with E-state index >= 15 is 0 Å². The van der Waals surface area contributed by atoms with E-state index in [9.17, 15) is 4.79 Å². The zero-order valence-electron chi connectivity index (χ0n) is 9.04. The van der Waals surface area contributed by atoms with Gasteiger partial charge in [0.25, 0.3) is 0 Å². The maximum atomic E-state index is 11.0. The Morgan fingerprint density at radius 2 is 2.13 bits per heavy atom. The number of morpholine rings is 1. The second-order valence-electron chi connectivity index (χ2n) is 3.66. The van der Waals surface area contributed by atoms with Crippen molar-refractivity contribution < 1.29 is 19.2 Å². The summed E-state index contributed by atoms with van der Waals surface area (Å²) in [5.74, 6) is 0.426. The molecular formula is C10H20NO3S+. The van der Waals surface area contributed by atoms with Gasteiger partial charge in [0.15, 0.2) is 0 Å². The highest BCUT2D eigenvalue weighted by atomic mass is 32.1. The molecule has 15 heavy (non-hydrogen) atoms. The molecule has 0 bridgehead atoms. The third-order valence-electron chi connectivity index (χ3n) is 2.45. The summed E-state index contributed by atoms with van der Waals surface area (Å²) in [6, 6.07) is 0. The zero-order chi connectivity index (χ0) is 10.9. The summed E-state index contributed by atoms with van der Waals surface area (Å²) in [7, 11) is 0. The van der Waals surface area contributed by atoms with E-state index in [4.69, 9.17) is 9.47 Å². The number of esters is 1. The Morgan fingerprint density at radius 1 is 1.40 bits per heavy atom. The highest BCUT2D eigenvalue weighted by Gasteiger charge is 2.13. The minimum atomic E-state index is -0.137. The third kappa shape index (κ3) is 6.02. The number of hydrogen-bond donors (Lipinski definition) is 2. The topological polar surface area (TPSA) is 40.0 Å². The Kier molecular flexibility index (Phi) is 6.80. The van der Waals surface area contributed by atoms with E-state index in [-0.39, 0.29) is 5.97 Å². The van der Waals surface area contributed by atoms with Crippen LogP contribution in [-0.4, -0.2) is 51.2 Å². The van der Waals surface area contributed by atoms with Gasteiger partial charge >= 0.3 is 5.97 Å². The minimum Gasteiger partial charge on any atom is -0.465 e. The summed E-state index contributed by atoms with van der Waals surface area (Å²) in [5.41, 5.74) is 0. The van der Waals surface area contributed by atoms with Crippen molar-refractivity contribution >= 4 is 18.6 Å². The maximum absolute atomic E-state index is 11.0. The summed E-state index contributed by atoms with van der Waals surface area (Å²) in [4.78, 5) is 12.5. The predicted molar refractivity (Wildman–Crippen MR) is 60.4 cm³/mol. The first-order chi connectivity index (χ1) is 7.33. The van der Waals surface area contributed by atoms with Crippen LogP contribution in [0.1, 0.15) is 12.8 Å². The molecule has 1 fully saturated rings. The maximum Gasteiger partial charge on any atom is 0.306 e. The van der Waals surface area contributed by atoms with Crippen LogP contribution in [0, 0.1) is 0 Å².